The first kappa shape index (κ1) is 22.1. The van der Waals surface area contributed by atoms with E-state index >= 15 is 0 Å². The van der Waals surface area contributed by atoms with Crippen molar-refractivity contribution in [3.8, 4) is 0 Å². The fourth-order valence-electron chi connectivity index (χ4n) is 4.24. The van der Waals surface area contributed by atoms with Crippen LogP contribution in [0.5, 0.6) is 0 Å². The van der Waals surface area contributed by atoms with E-state index in [4.69, 9.17) is 9.72 Å². The van der Waals surface area contributed by atoms with Gasteiger partial charge in [-0.3, -0.25) is 14.2 Å². The third-order valence-electron chi connectivity index (χ3n) is 6.17. The SMILES string of the molecule is O=C(CSc1nc2ccccc2c(=O)n1CC1CCCO1)N(Cc1ccccc1F)C1CC1. The largest absolute Gasteiger partial charge is 0.376 e. The van der Waals surface area contributed by atoms with E-state index in [1.807, 2.05) is 18.2 Å². The van der Waals surface area contributed by atoms with Crippen LogP contribution in [-0.2, 0) is 22.6 Å². The highest BCUT2D eigenvalue weighted by molar-refractivity contribution is 7.99. The van der Waals surface area contributed by atoms with Gasteiger partial charge in [-0.2, -0.15) is 0 Å². The first-order valence-corrected chi connectivity index (χ1v) is 12.4. The molecule has 0 radical (unpaired) electrons. The summed E-state index contributed by atoms with van der Waals surface area (Å²) in [6.07, 6.45) is 3.73. The van der Waals surface area contributed by atoms with Gasteiger partial charge in [-0.25, -0.2) is 9.37 Å². The summed E-state index contributed by atoms with van der Waals surface area (Å²) in [7, 11) is 0. The van der Waals surface area contributed by atoms with E-state index in [2.05, 4.69) is 0 Å². The minimum Gasteiger partial charge on any atom is -0.376 e. The minimum absolute atomic E-state index is 0.0234. The maximum atomic E-state index is 14.2. The molecular weight excluding hydrogens is 441 g/mol. The van der Waals surface area contributed by atoms with Crippen LogP contribution in [-0.4, -0.2) is 44.9 Å². The molecular formula is C25H26FN3O3S. The lowest BCUT2D eigenvalue weighted by molar-refractivity contribution is -0.129. The summed E-state index contributed by atoms with van der Waals surface area (Å²) in [5.74, 6) is -0.233. The van der Waals surface area contributed by atoms with Gasteiger partial charge >= 0.3 is 0 Å². The van der Waals surface area contributed by atoms with E-state index in [9.17, 15) is 14.0 Å². The van der Waals surface area contributed by atoms with Crippen molar-refractivity contribution in [2.75, 3.05) is 12.4 Å². The van der Waals surface area contributed by atoms with E-state index in [1.54, 1.807) is 33.7 Å². The molecule has 33 heavy (non-hydrogen) atoms. The van der Waals surface area contributed by atoms with Crippen molar-refractivity contribution in [1.82, 2.24) is 14.5 Å². The Labute approximate surface area is 195 Å². The standard InChI is InChI=1S/C25H26FN3O3S/c26-21-9-3-1-6-17(21)14-28(18-11-12-18)23(30)16-33-25-27-22-10-4-2-8-20(22)24(31)29(25)15-19-7-5-13-32-19/h1-4,6,8-10,18-19H,5,7,11-16H2. The van der Waals surface area contributed by atoms with Crippen LogP contribution in [0.1, 0.15) is 31.2 Å². The number of thioether (sulfide) groups is 1. The molecule has 172 valence electrons. The monoisotopic (exact) mass is 467 g/mol. The summed E-state index contributed by atoms with van der Waals surface area (Å²) >= 11 is 1.27. The average molecular weight is 468 g/mol. The number of ether oxygens (including phenoxy) is 1. The van der Waals surface area contributed by atoms with Crippen LogP contribution < -0.4 is 5.56 Å². The van der Waals surface area contributed by atoms with Crippen LogP contribution in [0.25, 0.3) is 10.9 Å². The Bertz CT molecular complexity index is 1220. The zero-order valence-corrected chi connectivity index (χ0v) is 19.1. The molecule has 6 nitrogen and oxygen atoms in total. The van der Waals surface area contributed by atoms with Crippen molar-refractivity contribution < 1.29 is 13.9 Å². The van der Waals surface area contributed by atoms with Crippen molar-refractivity contribution in [3.05, 3.63) is 70.3 Å². The van der Waals surface area contributed by atoms with Crippen LogP contribution >= 0.6 is 11.8 Å². The fraction of sp³-hybridized carbons (Fsp3) is 0.400. The molecule has 1 aliphatic carbocycles. The molecule has 2 aliphatic rings. The van der Waals surface area contributed by atoms with Crippen molar-refractivity contribution in [3.63, 3.8) is 0 Å². The summed E-state index contributed by atoms with van der Waals surface area (Å²) in [4.78, 5) is 32.9. The molecule has 1 aromatic heterocycles. The molecule has 0 spiro atoms. The highest BCUT2D eigenvalue weighted by atomic mass is 32.2. The van der Waals surface area contributed by atoms with Gasteiger partial charge in [0.25, 0.3) is 5.56 Å². The maximum Gasteiger partial charge on any atom is 0.262 e. The topological polar surface area (TPSA) is 64.4 Å². The number of hydrogen-bond acceptors (Lipinski definition) is 5. The van der Waals surface area contributed by atoms with E-state index in [0.29, 0.717) is 34.8 Å². The first-order chi connectivity index (χ1) is 16.1. The van der Waals surface area contributed by atoms with Gasteiger partial charge in [0, 0.05) is 24.8 Å². The van der Waals surface area contributed by atoms with Crippen molar-refractivity contribution in [2.45, 2.75) is 56.1 Å². The van der Waals surface area contributed by atoms with Crippen LogP contribution in [0.3, 0.4) is 0 Å². The molecule has 5 rings (SSSR count). The molecule has 2 aromatic carbocycles. The van der Waals surface area contributed by atoms with Gasteiger partial charge in [0.2, 0.25) is 5.91 Å². The smallest absolute Gasteiger partial charge is 0.262 e. The number of fused-ring (bicyclic) bond motifs is 1. The molecule has 1 unspecified atom stereocenters. The Kier molecular flexibility index (Phi) is 6.46. The summed E-state index contributed by atoms with van der Waals surface area (Å²) in [6, 6.07) is 14.0. The zero-order chi connectivity index (χ0) is 22.8. The lowest BCUT2D eigenvalue weighted by Crippen LogP contribution is -2.35. The summed E-state index contributed by atoms with van der Waals surface area (Å²) in [6.45, 7) is 1.38. The maximum absolute atomic E-state index is 14.2. The molecule has 3 aromatic rings. The van der Waals surface area contributed by atoms with E-state index in [-0.39, 0.29) is 41.7 Å². The van der Waals surface area contributed by atoms with Crippen LogP contribution in [0.2, 0.25) is 0 Å². The summed E-state index contributed by atoms with van der Waals surface area (Å²) in [5.41, 5.74) is 1.02. The predicted octanol–water partition coefficient (Wildman–Crippen LogP) is 4.00. The number of para-hydroxylation sites is 1. The normalized spacial score (nSPS) is 18.0. The molecule has 2 heterocycles. The summed E-state index contributed by atoms with van der Waals surface area (Å²) in [5, 5.41) is 1.08. The second-order valence-corrected chi connectivity index (χ2v) is 9.54. The van der Waals surface area contributed by atoms with Gasteiger partial charge in [-0.1, -0.05) is 42.1 Å². The fourth-order valence-corrected chi connectivity index (χ4v) is 5.13. The van der Waals surface area contributed by atoms with Gasteiger partial charge in [0.1, 0.15) is 5.82 Å². The van der Waals surface area contributed by atoms with Gasteiger partial charge in [0.15, 0.2) is 5.16 Å². The molecule has 1 saturated heterocycles. The van der Waals surface area contributed by atoms with Gasteiger partial charge < -0.3 is 9.64 Å². The highest BCUT2D eigenvalue weighted by Crippen LogP contribution is 2.30. The number of carbonyl (C=O) groups is 1. The number of hydrogen-bond donors (Lipinski definition) is 0. The Hall–Kier alpha value is -2.71. The lowest BCUT2D eigenvalue weighted by Gasteiger charge is -2.23. The number of amides is 1. The molecule has 1 aliphatic heterocycles. The molecule has 1 amide bonds. The average Bonchev–Trinajstić information content (AvgIpc) is 3.54. The molecule has 2 fully saturated rings. The van der Waals surface area contributed by atoms with Gasteiger partial charge in [-0.05, 0) is 43.9 Å². The molecule has 0 bridgehead atoms. The summed E-state index contributed by atoms with van der Waals surface area (Å²) < 4.78 is 21.6. The molecule has 8 heteroatoms. The second-order valence-electron chi connectivity index (χ2n) is 8.60. The van der Waals surface area contributed by atoms with Crippen molar-refractivity contribution >= 4 is 28.6 Å². The number of benzene rings is 2. The van der Waals surface area contributed by atoms with Crippen LogP contribution in [0.4, 0.5) is 4.39 Å². The van der Waals surface area contributed by atoms with Crippen LogP contribution in [0.15, 0.2) is 58.5 Å². The Morgan fingerprint density at radius 1 is 1.15 bits per heavy atom. The van der Waals surface area contributed by atoms with E-state index in [0.717, 1.165) is 25.7 Å². The van der Waals surface area contributed by atoms with Gasteiger partial charge in [0.05, 0.1) is 29.3 Å². The molecule has 1 atom stereocenters. The number of carbonyl (C=O) groups excluding carboxylic acids is 1. The van der Waals surface area contributed by atoms with Crippen LogP contribution in [0, 0.1) is 5.82 Å². The molecule has 0 N–H and O–H groups in total. The van der Waals surface area contributed by atoms with Crippen molar-refractivity contribution in [2.24, 2.45) is 0 Å². The number of aromatic nitrogens is 2. The van der Waals surface area contributed by atoms with E-state index in [1.165, 1.54) is 17.8 Å². The quantitative estimate of drug-likeness (QED) is 0.370. The Morgan fingerprint density at radius 2 is 1.94 bits per heavy atom. The minimum atomic E-state index is -0.301. The predicted molar refractivity (Wildman–Crippen MR) is 126 cm³/mol. The molecule has 1 saturated carbocycles. The Morgan fingerprint density at radius 3 is 2.70 bits per heavy atom. The third-order valence-corrected chi connectivity index (χ3v) is 7.13. The lowest BCUT2D eigenvalue weighted by atomic mass is 10.2. The van der Waals surface area contributed by atoms with Gasteiger partial charge in [-0.15, -0.1) is 0 Å². The zero-order valence-electron chi connectivity index (χ0n) is 18.3. The number of halogens is 1. The second kappa shape index (κ2) is 9.65. The Balaban J connectivity index is 1.38. The third kappa shape index (κ3) is 4.96. The van der Waals surface area contributed by atoms with Crippen molar-refractivity contribution in [1.29, 1.82) is 0 Å². The number of nitrogens with zero attached hydrogens (tertiary/aromatic N) is 3. The number of rotatable bonds is 8. The highest BCUT2D eigenvalue weighted by Gasteiger charge is 2.33. The first-order valence-electron chi connectivity index (χ1n) is 11.4. The van der Waals surface area contributed by atoms with E-state index < -0.39 is 0 Å².